The molecule has 0 spiro atoms. The lowest BCUT2D eigenvalue weighted by molar-refractivity contribution is 0.534. The lowest BCUT2D eigenvalue weighted by Crippen LogP contribution is -2.09. The zero-order valence-electron chi connectivity index (χ0n) is 11.0. The van der Waals surface area contributed by atoms with E-state index in [2.05, 4.69) is 10.4 Å². The number of nitrogens with one attached hydrogen (secondary N) is 1. The zero-order valence-corrected chi connectivity index (χ0v) is 11.0. The van der Waals surface area contributed by atoms with Gasteiger partial charge in [0.2, 0.25) is 0 Å². The number of benzene rings is 1. The van der Waals surface area contributed by atoms with Gasteiger partial charge in [-0.05, 0) is 32.9 Å². The number of nitrogen functional groups attached to an aromatic ring is 1. The first-order valence-corrected chi connectivity index (χ1v) is 5.97. The molecule has 1 heterocycles. The van der Waals surface area contributed by atoms with E-state index in [-0.39, 0.29) is 11.7 Å². The molecule has 6 heteroatoms. The van der Waals surface area contributed by atoms with Crippen LogP contribution in [0.5, 0.6) is 0 Å². The van der Waals surface area contributed by atoms with Gasteiger partial charge in [-0.25, -0.2) is 13.5 Å². The van der Waals surface area contributed by atoms with E-state index in [1.165, 1.54) is 18.2 Å². The van der Waals surface area contributed by atoms with Crippen LogP contribution in [0.15, 0.2) is 18.2 Å². The summed E-state index contributed by atoms with van der Waals surface area (Å²) in [6, 6.07) is 3.70. The molecule has 0 aliphatic rings. The van der Waals surface area contributed by atoms with Crippen LogP contribution >= 0.6 is 0 Å². The molecule has 0 saturated heterocycles. The van der Waals surface area contributed by atoms with Crippen molar-refractivity contribution in [1.82, 2.24) is 9.78 Å². The SMILES string of the molecule is Cc1nn(C(C)C)c(Nc2c(F)cccc2F)c1N. The second-order valence-corrected chi connectivity index (χ2v) is 4.61. The molecule has 19 heavy (non-hydrogen) atoms. The number of hydrogen-bond acceptors (Lipinski definition) is 3. The van der Waals surface area contributed by atoms with Crippen LogP contribution in [0.25, 0.3) is 0 Å². The van der Waals surface area contributed by atoms with E-state index in [0.29, 0.717) is 17.2 Å². The summed E-state index contributed by atoms with van der Waals surface area (Å²) in [6.07, 6.45) is 0. The largest absolute Gasteiger partial charge is 0.394 e. The molecule has 0 aliphatic heterocycles. The summed E-state index contributed by atoms with van der Waals surface area (Å²) in [5.41, 5.74) is 6.68. The first kappa shape index (κ1) is 13.3. The van der Waals surface area contributed by atoms with Gasteiger partial charge in [-0.2, -0.15) is 5.10 Å². The lowest BCUT2D eigenvalue weighted by Gasteiger charge is -2.14. The van der Waals surface area contributed by atoms with E-state index in [9.17, 15) is 8.78 Å². The van der Waals surface area contributed by atoms with E-state index in [4.69, 9.17) is 5.73 Å². The summed E-state index contributed by atoms with van der Waals surface area (Å²) < 4.78 is 28.9. The molecule has 3 N–H and O–H groups in total. The first-order chi connectivity index (χ1) is 8.91. The van der Waals surface area contributed by atoms with Gasteiger partial charge in [0.05, 0.1) is 11.4 Å². The van der Waals surface area contributed by atoms with Gasteiger partial charge >= 0.3 is 0 Å². The lowest BCUT2D eigenvalue weighted by atomic mass is 10.2. The quantitative estimate of drug-likeness (QED) is 0.895. The van der Waals surface area contributed by atoms with Crippen molar-refractivity contribution < 1.29 is 8.78 Å². The Kier molecular flexibility index (Phi) is 3.42. The topological polar surface area (TPSA) is 55.9 Å². The minimum Gasteiger partial charge on any atom is -0.394 e. The molecule has 0 unspecified atom stereocenters. The van der Waals surface area contributed by atoms with Crippen molar-refractivity contribution in [1.29, 1.82) is 0 Å². The van der Waals surface area contributed by atoms with Gasteiger partial charge in [0.25, 0.3) is 0 Å². The van der Waals surface area contributed by atoms with Gasteiger partial charge in [0.1, 0.15) is 17.3 Å². The summed E-state index contributed by atoms with van der Waals surface area (Å²) in [7, 11) is 0. The van der Waals surface area contributed by atoms with Gasteiger partial charge < -0.3 is 11.1 Å². The summed E-state index contributed by atoms with van der Waals surface area (Å²) in [5.74, 6) is -0.946. The van der Waals surface area contributed by atoms with Gasteiger partial charge in [-0.3, -0.25) is 0 Å². The molecule has 0 amide bonds. The number of halogens is 2. The monoisotopic (exact) mass is 266 g/mol. The molecule has 4 nitrogen and oxygen atoms in total. The fourth-order valence-electron chi connectivity index (χ4n) is 1.79. The van der Waals surface area contributed by atoms with Gasteiger partial charge in [0, 0.05) is 6.04 Å². The number of rotatable bonds is 3. The molecule has 1 aromatic heterocycles. The number of nitrogens with two attached hydrogens (primary N) is 1. The van der Waals surface area contributed by atoms with Crippen molar-refractivity contribution in [2.24, 2.45) is 0 Å². The predicted octanol–water partition coefficient (Wildman–Crippen LogP) is 3.38. The molecule has 0 fully saturated rings. The predicted molar refractivity (Wildman–Crippen MR) is 71.4 cm³/mol. The van der Waals surface area contributed by atoms with Gasteiger partial charge in [-0.15, -0.1) is 0 Å². The Labute approximate surface area is 110 Å². The Bertz CT molecular complexity index is 585. The van der Waals surface area contributed by atoms with Crippen molar-refractivity contribution in [2.75, 3.05) is 11.1 Å². The molecule has 102 valence electrons. The normalized spacial score (nSPS) is 11.1. The van der Waals surface area contributed by atoms with Crippen LogP contribution in [0.4, 0.5) is 26.0 Å². The fourth-order valence-corrected chi connectivity index (χ4v) is 1.79. The molecule has 0 atom stereocenters. The summed E-state index contributed by atoms with van der Waals surface area (Å²) in [6.45, 7) is 5.57. The minimum absolute atomic E-state index is 0.0216. The van der Waals surface area contributed by atoms with Gasteiger partial charge in [-0.1, -0.05) is 6.07 Å². The van der Waals surface area contributed by atoms with Crippen molar-refractivity contribution in [3.05, 3.63) is 35.5 Å². The van der Waals surface area contributed by atoms with Crippen molar-refractivity contribution in [3.63, 3.8) is 0 Å². The Hall–Kier alpha value is -2.11. The summed E-state index contributed by atoms with van der Waals surface area (Å²) >= 11 is 0. The van der Waals surface area contributed by atoms with E-state index in [1.807, 2.05) is 13.8 Å². The third-order valence-electron chi connectivity index (χ3n) is 2.83. The van der Waals surface area contributed by atoms with Crippen LogP contribution in [-0.2, 0) is 0 Å². The number of aryl methyl sites for hydroxylation is 1. The molecule has 2 rings (SSSR count). The fraction of sp³-hybridized carbons (Fsp3) is 0.308. The number of anilines is 3. The molecule has 0 saturated carbocycles. The Morgan fingerprint density at radius 2 is 1.84 bits per heavy atom. The first-order valence-electron chi connectivity index (χ1n) is 5.97. The highest BCUT2D eigenvalue weighted by Gasteiger charge is 2.17. The molecule has 1 aromatic carbocycles. The molecule has 0 radical (unpaired) electrons. The maximum Gasteiger partial charge on any atom is 0.152 e. The van der Waals surface area contributed by atoms with Crippen molar-refractivity contribution >= 4 is 17.2 Å². The number of nitrogens with zero attached hydrogens (tertiary/aromatic N) is 2. The third kappa shape index (κ3) is 2.38. The highest BCUT2D eigenvalue weighted by Crippen LogP contribution is 2.30. The summed E-state index contributed by atoms with van der Waals surface area (Å²) in [5, 5.41) is 6.95. The zero-order chi connectivity index (χ0) is 14.2. The maximum absolute atomic E-state index is 13.6. The minimum atomic E-state index is -0.673. The van der Waals surface area contributed by atoms with E-state index in [1.54, 1.807) is 11.6 Å². The Balaban J connectivity index is 2.49. The van der Waals surface area contributed by atoms with Crippen LogP contribution in [0.3, 0.4) is 0 Å². The second kappa shape index (κ2) is 4.87. The van der Waals surface area contributed by atoms with Crippen LogP contribution in [-0.4, -0.2) is 9.78 Å². The Morgan fingerprint density at radius 3 is 2.37 bits per heavy atom. The van der Waals surface area contributed by atoms with E-state index < -0.39 is 11.6 Å². The Morgan fingerprint density at radius 1 is 1.26 bits per heavy atom. The second-order valence-electron chi connectivity index (χ2n) is 4.61. The summed E-state index contributed by atoms with van der Waals surface area (Å²) in [4.78, 5) is 0. The maximum atomic E-state index is 13.6. The number of aromatic nitrogens is 2. The van der Waals surface area contributed by atoms with Crippen molar-refractivity contribution in [2.45, 2.75) is 26.8 Å². The molecular formula is C13H16F2N4. The number of hydrogen-bond donors (Lipinski definition) is 2. The number of para-hydroxylation sites is 1. The highest BCUT2D eigenvalue weighted by molar-refractivity contribution is 5.71. The standard InChI is InChI=1S/C13H16F2N4/c1-7(2)19-13(11(16)8(3)18-19)17-12-9(14)5-4-6-10(12)15/h4-7,17H,16H2,1-3H3. The van der Waals surface area contributed by atoms with Crippen LogP contribution in [0.1, 0.15) is 25.6 Å². The van der Waals surface area contributed by atoms with Crippen LogP contribution in [0.2, 0.25) is 0 Å². The van der Waals surface area contributed by atoms with E-state index in [0.717, 1.165) is 0 Å². The molecule has 2 aromatic rings. The van der Waals surface area contributed by atoms with Crippen LogP contribution < -0.4 is 11.1 Å². The van der Waals surface area contributed by atoms with E-state index >= 15 is 0 Å². The average molecular weight is 266 g/mol. The molecule has 0 bridgehead atoms. The molecule has 0 aliphatic carbocycles. The smallest absolute Gasteiger partial charge is 0.152 e. The third-order valence-corrected chi connectivity index (χ3v) is 2.83. The highest BCUT2D eigenvalue weighted by atomic mass is 19.1. The van der Waals surface area contributed by atoms with Crippen LogP contribution in [0, 0.1) is 18.6 Å². The van der Waals surface area contributed by atoms with Gasteiger partial charge in [0.15, 0.2) is 5.82 Å². The average Bonchev–Trinajstić information content (AvgIpc) is 2.62. The van der Waals surface area contributed by atoms with Crippen molar-refractivity contribution in [3.8, 4) is 0 Å². The molecular weight excluding hydrogens is 250 g/mol.